The molecule has 3 rings (SSSR count). The van der Waals surface area contributed by atoms with Crippen molar-refractivity contribution in [3.8, 4) is 0 Å². The van der Waals surface area contributed by atoms with Crippen LogP contribution in [-0.4, -0.2) is 22.8 Å². The average Bonchev–Trinajstić information content (AvgIpc) is 3.16. The normalized spacial score (nSPS) is 15.0. The van der Waals surface area contributed by atoms with E-state index in [1.165, 1.54) is 14.2 Å². The fourth-order valence-electron chi connectivity index (χ4n) is 2.00. The Morgan fingerprint density at radius 2 is 2.28 bits per heavy atom. The summed E-state index contributed by atoms with van der Waals surface area (Å²) in [6.45, 7) is 0. The lowest BCUT2D eigenvalue weighted by molar-refractivity contribution is 0.0602. The van der Waals surface area contributed by atoms with Gasteiger partial charge in [-0.15, -0.1) is 0 Å². The number of esters is 1. The van der Waals surface area contributed by atoms with Crippen LogP contribution in [0.25, 0.3) is 11.1 Å². The predicted octanol–water partition coefficient (Wildman–Crippen LogP) is 1.19. The number of carbonyl (C=O) groups is 1. The monoisotopic (exact) mass is 248 g/mol. The maximum absolute atomic E-state index is 11.9. The minimum absolute atomic E-state index is 0.189. The summed E-state index contributed by atoms with van der Waals surface area (Å²) in [5.74, 6) is -0.175. The first-order valence-electron chi connectivity index (χ1n) is 5.71. The second-order valence-electron chi connectivity index (χ2n) is 4.43. The maximum Gasteiger partial charge on any atom is 0.338 e. The first kappa shape index (κ1) is 11.0. The molecule has 2 heterocycles. The van der Waals surface area contributed by atoms with Crippen molar-refractivity contribution in [2.45, 2.75) is 18.8 Å². The number of ether oxygens (including phenoxy) is 1. The Balaban J connectivity index is 2.34. The summed E-state index contributed by atoms with van der Waals surface area (Å²) in [6, 6.07) is 1.64. The zero-order valence-corrected chi connectivity index (χ0v) is 10.1. The van der Waals surface area contributed by atoms with Crippen LogP contribution >= 0.6 is 0 Å². The van der Waals surface area contributed by atoms with E-state index in [1.807, 2.05) is 0 Å². The Morgan fingerprint density at radius 1 is 1.56 bits per heavy atom. The smallest absolute Gasteiger partial charge is 0.338 e. The number of nitrogens with zero attached hydrogens (tertiary/aromatic N) is 2. The van der Waals surface area contributed by atoms with E-state index in [1.54, 1.807) is 6.07 Å². The molecule has 0 spiro atoms. The zero-order chi connectivity index (χ0) is 12.9. The van der Waals surface area contributed by atoms with Gasteiger partial charge in [0, 0.05) is 18.7 Å². The number of aromatic nitrogens is 2. The first-order chi connectivity index (χ1) is 8.61. The fourth-order valence-corrected chi connectivity index (χ4v) is 2.00. The van der Waals surface area contributed by atoms with Crippen LogP contribution in [-0.2, 0) is 11.8 Å². The number of hydrogen-bond acceptors (Lipinski definition) is 5. The highest BCUT2D eigenvalue weighted by Crippen LogP contribution is 2.40. The van der Waals surface area contributed by atoms with Gasteiger partial charge in [0.1, 0.15) is 5.39 Å². The predicted molar refractivity (Wildman–Crippen MR) is 62.6 cm³/mol. The van der Waals surface area contributed by atoms with E-state index in [0.717, 1.165) is 23.3 Å². The number of rotatable bonds is 2. The van der Waals surface area contributed by atoms with Gasteiger partial charge in [-0.2, -0.15) is 4.74 Å². The summed E-state index contributed by atoms with van der Waals surface area (Å²) in [6.07, 6.45) is 2.10. The maximum atomic E-state index is 11.9. The summed E-state index contributed by atoms with van der Waals surface area (Å²) in [5.41, 5.74) is 0.851. The lowest BCUT2D eigenvalue weighted by Gasteiger charge is -2.02. The topological polar surface area (TPSA) is 74.3 Å². The van der Waals surface area contributed by atoms with Crippen molar-refractivity contribution >= 4 is 17.1 Å². The summed E-state index contributed by atoms with van der Waals surface area (Å²) in [7, 11) is 2.78. The Kier molecular flexibility index (Phi) is 2.26. The Hall–Kier alpha value is -2.11. The van der Waals surface area contributed by atoms with Gasteiger partial charge in [-0.25, -0.2) is 9.78 Å². The molecule has 0 N–H and O–H groups in total. The molecule has 0 amide bonds. The lowest BCUT2D eigenvalue weighted by Crippen LogP contribution is -2.13. The Labute approximate surface area is 102 Å². The third kappa shape index (κ3) is 1.53. The molecule has 0 aromatic carbocycles. The van der Waals surface area contributed by atoms with Crippen molar-refractivity contribution in [2.75, 3.05) is 7.11 Å². The van der Waals surface area contributed by atoms with Gasteiger partial charge >= 0.3 is 5.97 Å². The van der Waals surface area contributed by atoms with E-state index < -0.39 is 5.97 Å². The highest BCUT2D eigenvalue weighted by Gasteiger charge is 2.29. The number of fused-ring (bicyclic) bond motifs is 1. The van der Waals surface area contributed by atoms with Gasteiger partial charge in [0.25, 0.3) is 11.3 Å². The minimum atomic E-state index is -0.539. The molecule has 94 valence electrons. The first-order valence-corrected chi connectivity index (χ1v) is 5.71. The van der Waals surface area contributed by atoms with Crippen LogP contribution in [0.3, 0.4) is 0 Å². The van der Waals surface area contributed by atoms with Crippen LogP contribution < -0.4 is 5.56 Å². The zero-order valence-electron chi connectivity index (χ0n) is 10.1. The molecule has 2 aromatic heterocycles. The molecule has 0 aliphatic heterocycles. The quantitative estimate of drug-likeness (QED) is 0.746. The lowest BCUT2D eigenvalue weighted by atomic mass is 10.1. The third-order valence-corrected chi connectivity index (χ3v) is 3.13. The molecule has 6 heteroatoms. The van der Waals surface area contributed by atoms with Crippen molar-refractivity contribution in [1.29, 1.82) is 0 Å². The molecular weight excluding hydrogens is 236 g/mol. The SMILES string of the molecule is COC(=O)c1cc(C2CC2)nc2on(C)c(=O)c12. The number of pyridine rings is 1. The van der Waals surface area contributed by atoms with Gasteiger partial charge in [0.05, 0.1) is 12.7 Å². The summed E-state index contributed by atoms with van der Waals surface area (Å²) in [5, 5.41) is 0.189. The summed E-state index contributed by atoms with van der Waals surface area (Å²) >= 11 is 0. The van der Waals surface area contributed by atoms with Gasteiger partial charge in [-0.3, -0.25) is 4.79 Å². The van der Waals surface area contributed by atoms with Gasteiger partial charge < -0.3 is 9.26 Å². The molecule has 1 aliphatic rings. The van der Waals surface area contributed by atoms with E-state index >= 15 is 0 Å². The summed E-state index contributed by atoms with van der Waals surface area (Å²) in [4.78, 5) is 27.9. The molecule has 0 saturated heterocycles. The number of hydrogen-bond donors (Lipinski definition) is 0. The molecule has 1 aliphatic carbocycles. The van der Waals surface area contributed by atoms with Crippen LogP contribution in [0.15, 0.2) is 15.4 Å². The van der Waals surface area contributed by atoms with E-state index in [4.69, 9.17) is 9.26 Å². The van der Waals surface area contributed by atoms with E-state index in [9.17, 15) is 9.59 Å². The minimum Gasteiger partial charge on any atom is -0.465 e. The molecule has 0 bridgehead atoms. The second-order valence-corrected chi connectivity index (χ2v) is 4.43. The van der Waals surface area contributed by atoms with Crippen molar-refractivity contribution in [3.05, 3.63) is 27.7 Å². The van der Waals surface area contributed by atoms with Gasteiger partial charge in [0.15, 0.2) is 0 Å². The molecule has 0 unspecified atom stereocenters. The van der Waals surface area contributed by atoms with Gasteiger partial charge in [0.2, 0.25) is 0 Å². The molecule has 6 nitrogen and oxygen atoms in total. The number of carbonyl (C=O) groups excluding carboxylic acids is 1. The Bertz CT molecular complexity index is 694. The average molecular weight is 248 g/mol. The largest absolute Gasteiger partial charge is 0.465 e. The third-order valence-electron chi connectivity index (χ3n) is 3.13. The van der Waals surface area contributed by atoms with Crippen molar-refractivity contribution < 1.29 is 14.1 Å². The standard InChI is InChI=1S/C12H12N2O4/c1-14-11(15)9-7(12(16)17-2)5-8(6-3-4-6)13-10(9)18-14/h5-6H,3-4H2,1-2H3. The van der Waals surface area contributed by atoms with Crippen LogP contribution in [0.5, 0.6) is 0 Å². The molecule has 1 fully saturated rings. The van der Waals surface area contributed by atoms with Crippen LogP contribution in [0.1, 0.15) is 34.8 Å². The second kappa shape index (κ2) is 3.69. The molecular formula is C12H12N2O4. The van der Waals surface area contributed by atoms with Crippen molar-refractivity contribution in [2.24, 2.45) is 7.05 Å². The highest BCUT2D eigenvalue weighted by molar-refractivity contribution is 6.01. The van der Waals surface area contributed by atoms with Crippen LogP contribution in [0.4, 0.5) is 0 Å². The van der Waals surface area contributed by atoms with Crippen LogP contribution in [0.2, 0.25) is 0 Å². The van der Waals surface area contributed by atoms with Gasteiger partial charge in [-0.1, -0.05) is 0 Å². The number of aryl methyl sites for hydroxylation is 1. The molecule has 0 radical (unpaired) electrons. The van der Waals surface area contributed by atoms with Crippen molar-refractivity contribution in [1.82, 2.24) is 9.72 Å². The van der Waals surface area contributed by atoms with Crippen molar-refractivity contribution in [3.63, 3.8) is 0 Å². The van der Waals surface area contributed by atoms with E-state index in [-0.39, 0.29) is 22.2 Å². The van der Waals surface area contributed by atoms with Crippen LogP contribution in [0, 0.1) is 0 Å². The fraction of sp³-hybridized carbons (Fsp3) is 0.417. The highest BCUT2D eigenvalue weighted by atomic mass is 16.5. The van der Waals surface area contributed by atoms with E-state index in [2.05, 4.69) is 4.98 Å². The van der Waals surface area contributed by atoms with E-state index in [0.29, 0.717) is 5.92 Å². The summed E-state index contributed by atoms with van der Waals surface area (Å²) < 4.78 is 11.0. The molecule has 2 aromatic rings. The molecule has 0 atom stereocenters. The molecule has 1 saturated carbocycles. The number of methoxy groups -OCH3 is 1. The molecule has 18 heavy (non-hydrogen) atoms. The van der Waals surface area contributed by atoms with Gasteiger partial charge in [-0.05, 0) is 18.9 Å². The Morgan fingerprint density at radius 3 is 2.89 bits per heavy atom.